The predicted octanol–water partition coefficient (Wildman–Crippen LogP) is 2.48. The third-order valence-corrected chi connectivity index (χ3v) is 3.40. The Morgan fingerprint density at radius 3 is 2.57 bits per heavy atom. The van der Waals surface area contributed by atoms with Crippen LogP contribution in [0.15, 0.2) is 41.1 Å². The Balaban J connectivity index is 1.75. The molecule has 0 fully saturated rings. The van der Waals surface area contributed by atoms with Gasteiger partial charge in [0.05, 0.1) is 13.5 Å². The fraction of sp³-hybridized carbons (Fsp3) is 0.200. The molecule has 1 aromatic heterocycles. The first kappa shape index (κ1) is 15.1. The molecular formula is C15H15NO4S. The Morgan fingerprint density at radius 1 is 1.19 bits per heavy atom. The van der Waals surface area contributed by atoms with Crippen LogP contribution in [0.5, 0.6) is 5.75 Å². The molecular weight excluding hydrogens is 290 g/mol. The number of nitrogens with one attached hydrogen (secondary N) is 1. The summed E-state index contributed by atoms with van der Waals surface area (Å²) in [6, 6.07) is 8.74. The summed E-state index contributed by atoms with van der Waals surface area (Å²) in [6.45, 7) is -0.297. The van der Waals surface area contributed by atoms with Gasteiger partial charge in [-0.1, -0.05) is 0 Å². The molecule has 21 heavy (non-hydrogen) atoms. The molecule has 0 radical (unpaired) electrons. The zero-order valence-corrected chi connectivity index (χ0v) is 12.3. The van der Waals surface area contributed by atoms with Gasteiger partial charge in [-0.05, 0) is 46.7 Å². The molecule has 1 heterocycles. The second-order valence-corrected chi connectivity index (χ2v) is 5.03. The number of hydrogen-bond donors (Lipinski definition) is 1. The van der Waals surface area contributed by atoms with Gasteiger partial charge in [0.25, 0.3) is 5.91 Å². The van der Waals surface area contributed by atoms with Crippen LogP contribution in [-0.4, -0.2) is 25.6 Å². The first-order valence-electron chi connectivity index (χ1n) is 6.28. The molecule has 0 aliphatic rings. The zero-order chi connectivity index (χ0) is 15.1. The SMILES string of the molecule is COc1ccc(NC(=O)COC(=O)Cc2ccsc2)cc1. The van der Waals surface area contributed by atoms with Crippen LogP contribution < -0.4 is 10.1 Å². The van der Waals surface area contributed by atoms with Crippen molar-refractivity contribution in [1.29, 1.82) is 0 Å². The van der Waals surface area contributed by atoms with Crippen molar-refractivity contribution >= 4 is 28.9 Å². The lowest BCUT2D eigenvalue weighted by Crippen LogP contribution is -2.21. The van der Waals surface area contributed by atoms with E-state index >= 15 is 0 Å². The number of esters is 1. The molecule has 0 unspecified atom stereocenters. The maximum absolute atomic E-state index is 11.7. The Bertz CT molecular complexity index is 593. The van der Waals surface area contributed by atoms with Crippen molar-refractivity contribution in [3.8, 4) is 5.75 Å². The van der Waals surface area contributed by atoms with E-state index in [-0.39, 0.29) is 18.9 Å². The van der Waals surface area contributed by atoms with Crippen molar-refractivity contribution in [3.63, 3.8) is 0 Å². The number of carbonyl (C=O) groups excluding carboxylic acids is 2. The molecule has 2 rings (SSSR count). The van der Waals surface area contributed by atoms with Gasteiger partial charge < -0.3 is 14.8 Å². The maximum atomic E-state index is 11.7. The Morgan fingerprint density at radius 2 is 1.95 bits per heavy atom. The number of rotatable bonds is 6. The molecule has 2 aromatic rings. The molecule has 5 nitrogen and oxygen atoms in total. The van der Waals surface area contributed by atoms with Crippen molar-refractivity contribution in [2.75, 3.05) is 19.0 Å². The summed E-state index contributed by atoms with van der Waals surface area (Å²) in [4.78, 5) is 23.2. The van der Waals surface area contributed by atoms with Crippen LogP contribution >= 0.6 is 11.3 Å². The Labute approximate surface area is 126 Å². The Kier molecular flexibility index (Phi) is 5.34. The molecule has 0 atom stereocenters. The summed E-state index contributed by atoms with van der Waals surface area (Å²) in [6.07, 6.45) is 0.180. The molecule has 110 valence electrons. The molecule has 1 N–H and O–H groups in total. The summed E-state index contributed by atoms with van der Waals surface area (Å²) < 4.78 is 9.95. The predicted molar refractivity (Wildman–Crippen MR) is 80.6 cm³/mol. The highest BCUT2D eigenvalue weighted by Gasteiger charge is 2.09. The molecule has 0 saturated carbocycles. The summed E-state index contributed by atoms with van der Waals surface area (Å²) in [5, 5.41) is 6.40. The van der Waals surface area contributed by atoms with E-state index in [2.05, 4.69) is 5.32 Å². The van der Waals surface area contributed by atoms with Crippen LogP contribution in [0.3, 0.4) is 0 Å². The summed E-state index contributed by atoms with van der Waals surface area (Å²) >= 11 is 1.51. The van der Waals surface area contributed by atoms with E-state index < -0.39 is 5.97 Å². The fourth-order valence-corrected chi connectivity index (χ4v) is 2.30. The number of amides is 1. The van der Waals surface area contributed by atoms with Gasteiger partial charge in [-0.15, -0.1) is 0 Å². The van der Waals surface area contributed by atoms with Crippen molar-refractivity contribution in [2.24, 2.45) is 0 Å². The first-order chi connectivity index (χ1) is 10.2. The smallest absolute Gasteiger partial charge is 0.310 e. The summed E-state index contributed by atoms with van der Waals surface area (Å²) in [7, 11) is 1.57. The van der Waals surface area contributed by atoms with Crippen LogP contribution in [0.2, 0.25) is 0 Å². The van der Waals surface area contributed by atoms with Crippen LogP contribution in [0.25, 0.3) is 0 Å². The third kappa shape index (κ3) is 4.92. The van der Waals surface area contributed by atoms with Gasteiger partial charge in [0.2, 0.25) is 0 Å². The van der Waals surface area contributed by atoms with E-state index in [0.29, 0.717) is 11.4 Å². The number of methoxy groups -OCH3 is 1. The summed E-state index contributed by atoms with van der Waals surface area (Å²) in [5.41, 5.74) is 1.51. The largest absolute Gasteiger partial charge is 0.497 e. The van der Waals surface area contributed by atoms with Gasteiger partial charge in [-0.2, -0.15) is 11.3 Å². The van der Waals surface area contributed by atoms with E-state index in [1.807, 2.05) is 16.8 Å². The van der Waals surface area contributed by atoms with E-state index in [4.69, 9.17) is 9.47 Å². The highest BCUT2D eigenvalue weighted by molar-refractivity contribution is 7.07. The monoisotopic (exact) mass is 305 g/mol. The van der Waals surface area contributed by atoms with E-state index in [0.717, 1.165) is 5.56 Å². The van der Waals surface area contributed by atoms with Crippen molar-refractivity contribution in [3.05, 3.63) is 46.7 Å². The molecule has 0 aliphatic carbocycles. The number of thiophene rings is 1. The average molecular weight is 305 g/mol. The molecule has 1 amide bonds. The molecule has 0 spiro atoms. The zero-order valence-electron chi connectivity index (χ0n) is 11.5. The molecule has 0 aliphatic heterocycles. The number of benzene rings is 1. The lowest BCUT2D eigenvalue weighted by molar-refractivity contribution is -0.146. The van der Waals surface area contributed by atoms with Gasteiger partial charge in [0.15, 0.2) is 6.61 Å². The normalized spacial score (nSPS) is 9.95. The minimum absolute atomic E-state index is 0.180. The number of hydrogen-bond acceptors (Lipinski definition) is 5. The highest BCUT2D eigenvalue weighted by atomic mass is 32.1. The van der Waals surface area contributed by atoms with E-state index in [1.165, 1.54) is 11.3 Å². The number of carbonyl (C=O) groups is 2. The van der Waals surface area contributed by atoms with Crippen LogP contribution in [0.4, 0.5) is 5.69 Å². The van der Waals surface area contributed by atoms with Crippen LogP contribution in [0, 0.1) is 0 Å². The van der Waals surface area contributed by atoms with Crippen LogP contribution in [-0.2, 0) is 20.7 Å². The van der Waals surface area contributed by atoms with Gasteiger partial charge in [0, 0.05) is 5.69 Å². The maximum Gasteiger partial charge on any atom is 0.310 e. The fourth-order valence-electron chi connectivity index (χ4n) is 1.63. The second kappa shape index (κ2) is 7.44. The van der Waals surface area contributed by atoms with Gasteiger partial charge in [0.1, 0.15) is 5.75 Å². The molecule has 0 saturated heterocycles. The summed E-state index contributed by atoms with van der Waals surface area (Å²) in [5.74, 6) is -0.0905. The van der Waals surface area contributed by atoms with Crippen molar-refractivity contribution in [1.82, 2.24) is 0 Å². The van der Waals surface area contributed by atoms with E-state index in [9.17, 15) is 9.59 Å². The molecule has 1 aromatic carbocycles. The highest BCUT2D eigenvalue weighted by Crippen LogP contribution is 2.14. The van der Waals surface area contributed by atoms with Gasteiger partial charge in [-0.25, -0.2) is 0 Å². The average Bonchev–Trinajstić information content (AvgIpc) is 2.99. The standard InChI is InChI=1S/C15H15NO4S/c1-19-13-4-2-12(3-5-13)16-14(17)9-20-15(18)8-11-6-7-21-10-11/h2-7,10H,8-9H2,1H3,(H,16,17). The number of anilines is 1. The van der Waals surface area contributed by atoms with Gasteiger partial charge in [-0.3, -0.25) is 9.59 Å². The quantitative estimate of drug-likeness (QED) is 0.833. The lowest BCUT2D eigenvalue weighted by Gasteiger charge is -2.07. The topological polar surface area (TPSA) is 64.6 Å². The minimum Gasteiger partial charge on any atom is -0.497 e. The van der Waals surface area contributed by atoms with Crippen LogP contribution in [0.1, 0.15) is 5.56 Å². The number of ether oxygens (including phenoxy) is 2. The second-order valence-electron chi connectivity index (χ2n) is 4.25. The van der Waals surface area contributed by atoms with Crippen molar-refractivity contribution < 1.29 is 19.1 Å². The van der Waals surface area contributed by atoms with Crippen molar-refractivity contribution in [2.45, 2.75) is 6.42 Å². The third-order valence-electron chi connectivity index (χ3n) is 2.67. The first-order valence-corrected chi connectivity index (χ1v) is 7.22. The molecule has 6 heteroatoms. The minimum atomic E-state index is -0.418. The van der Waals surface area contributed by atoms with Gasteiger partial charge >= 0.3 is 5.97 Å². The Hall–Kier alpha value is -2.34. The van der Waals surface area contributed by atoms with E-state index in [1.54, 1.807) is 31.4 Å². The molecule has 0 bridgehead atoms. The lowest BCUT2D eigenvalue weighted by atomic mass is 10.2.